The molecule has 0 saturated carbocycles. The van der Waals surface area contributed by atoms with Crippen molar-refractivity contribution in [2.75, 3.05) is 20.1 Å². The van der Waals surface area contributed by atoms with Crippen molar-refractivity contribution in [2.45, 2.75) is 33.4 Å². The van der Waals surface area contributed by atoms with Crippen LogP contribution in [0.2, 0.25) is 0 Å². The molecule has 0 aliphatic rings. The van der Waals surface area contributed by atoms with Crippen molar-refractivity contribution in [3.63, 3.8) is 0 Å². The van der Waals surface area contributed by atoms with Crippen LogP contribution in [0.4, 0.5) is 0 Å². The third-order valence-corrected chi connectivity index (χ3v) is 4.79. The van der Waals surface area contributed by atoms with Crippen molar-refractivity contribution >= 4 is 18.3 Å². The lowest BCUT2D eigenvalue weighted by molar-refractivity contribution is -0.121. The van der Waals surface area contributed by atoms with Gasteiger partial charge < -0.3 is 19.0 Å². The SMILES string of the molecule is CNC(=O)CN(CCc1cccc(OCc2c(C)noc2C)c1)Cc1ccco1.Cl. The molecular formula is C22H28ClN3O4. The summed E-state index contributed by atoms with van der Waals surface area (Å²) in [6.45, 7) is 5.84. The average molecular weight is 434 g/mol. The molecule has 1 N–H and O–H groups in total. The van der Waals surface area contributed by atoms with Crippen LogP contribution in [0.25, 0.3) is 0 Å². The zero-order valence-corrected chi connectivity index (χ0v) is 18.3. The van der Waals surface area contributed by atoms with Crippen LogP contribution in [0.5, 0.6) is 5.75 Å². The maximum atomic E-state index is 11.9. The number of hydrogen-bond donors (Lipinski definition) is 1. The molecule has 0 spiro atoms. The molecule has 7 nitrogen and oxygen atoms in total. The van der Waals surface area contributed by atoms with Gasteiger partial charge in [-0.05, 0) is 50.1 Å². The Morgan fingerprint density at radius 2 is 2.07 bits per heavy atom. The van der Waals surface area contributed by atoms with E-state index in [1.807, 2.05) is 44.2 Å². The first kappa shape index (κ1) is 23.5. The molecule has 3 aromatic rings. The fraction of sp³-hybridized carbons (Fsp3) is 0.364. The first-order valence-corrected chi connectivity index (χ1v) is 9.64. The van der Waals surface area contributed by atoms with Gasteiger partial charge in [0.15, 0.2) is 0 Å². The Morgan fingerprint density at radius 3 is 2.73 bits per heavy atom. The van der Waals surface area contributed by atoms with Gasteiger partial charge in [-0.25, -0.2) is 0 Å². The van der Waals surface area contributed by atoms with Gasteiger partial charge in [-0.3, -0.25) is 9.69 Å². The lowest BCUT2D eigenvalue weighted by Gasteiger charge is -2.20. The standard InChI is InChI=1S/C22H27N3O4.ClH/c1-16-21(17(2)29-24-16)15-28-19-7-4-6-18(12-19)9-10-25(14-22(26)23-3)13-20-8-5-11-27-20;/h4-8,11-12H,9-10,13-15H2,1-3H3,(H,23,26);1H. The molecule has 2 aromatic heterocycles. The number of carbonyl (C=O) groups is 1. The summed E-state index contributed by atoms with van der Waals surface area (Å²) >= 11 is 0. The molecule has 162 valence electrons. The predicted molar refractivity (Wildman–Crippen MR) is 116 cm³/mol. The second-order valence-corrected chi connectivity index (χ2v) is 6.95. The van der Waals surface area contributed by atoms with Gasteiger partial charge >= 0.3 is 0 Å². The maximum absolute atomic E-state index is 11.9. The number of halogens is 1. The van der Waals surface area contributed by atoms with Crippen molar-refractivity contribution in [1.29, 1.82) is 0 Å². The van der Waals surface area contributed by atoms with Gasteiger partial charge in [0.25, 0.3) is 0 Å². The summed E-state index contributed by atoms with van der Waals surface area (Å²) in [5.41, 5.74) is 2.97. The third-order valence-electron chi connectivity index (χ3n) is 4.79. The van der Waals surface area contributed by atoms with Gasteiger partial charge in [0.2, 0.25) is 5.91 Å². The summed E-state index contributed by atoms with van der Waals surface area (Å²) in [4.78, 5) is 13.9. The number of rotatable bonds is 10. The number of amides is 1. The van der Waals surface area contributed by atoms with Gasteiger partial charge in [0.1, 0.15) is 23.9 Å². The molecule has 0 unspecified atom stereocenters. The number of furan rings is 1. The number of nitrogens with one attached hydrogen (secondary N) is 1. The minimum absolute atomic E-state index is 0. The molecule has 8 heteroatoms. The zero-order chi connectivity index (χ0) is 20.6. The van der Waals surface area contributed by atoms with Crippen molar-refractivity contribution in [3.05, 3.63) is 71.0 Å². The number of hydrogen-bond acceptors (Lipinski definition) is 6. The highest BCUT2D eigenvalue weighted by atomic mass is 35.5. The second kappa shape index (κ2) is 11.4. The topological polar surface area (TPSA) is 80.7 Å². The predicted octanol–water partition coefficient (Wildman–Crippen LogP) is 3.68. The summed E-state index contributed by atoms with van der Waals surface area (Å²) in [6, 6.07) is 11.8. The Kier molecular flexibility index (Phi) is 8.95. The Morgan fingerprint density at radius 1 is 1.23 bits per heavy atom. The minimum atomic E-state index is -0.0203. The summed E-state index contributed by atoms with van der Waals surface area (Å²) < 4.78 is 16.5. The monoisotopic (exact) mass is 433 g/mol. The molecule has 30 heavy (non-hydrogen) atoms. The number of likely N-dealkylation sites (N-methyl/N-ethyl adjacent to an activating group) is 1. The van der Waals surface area contributed by atoms with E-state index in [0.29, 0.717) is 19.7 Å². The number of carbonyl (C=O) groups excluding carboxylic acids is 1. The number of aryl methyl sites for hydroxylation is 2. The van der Waals surface area contributed by atoms with Crippen LogP contribution in [-0.2, 0) is 24.4 Å². The van der Waals surface area contributed by atoms with Gasteiger partial charge in [0, 0.05) is 13.6 Å². The van der Waals surface area contributed by atoms with Crippen molar-refractivity contribution in [3.8, 4) is 5.75 Å². The smallest absolute Gasteiger partial charge is 0.233 e. The highest BCUT2D eigenvalue weighted by Gasteiger charge is 2.13. The highest BCUT2D eigenvalue weighted by molar-refractivity contribution is 5.85. The fourth-order valence-corrected chi connectivity index (χ4v) is 3.06. The van der Waals surface area contributed by atoms with Gasteiger partial charge in [0.05, 0.1) is 30.6 Å². The minimum Gasteiger partial charge on any atom is -0.489 e. The number of ether oxygens (including phenoxy) is 1. The molecule has 0 aliphatic heterocycles. The zero-order valence-electron chi connectivity index (χ0n) is 17.5. The van der Waals surface area contributed by atoms with E-state index in [9.17, 15) is 4.79 Å². The Balaban J connectivity index is 0.00000320. The van der Waals surface area contributed by atoms with Gasteiger partial charge in [-0.15, -0.1) is 12.4 Å². The molecule has 0 saturated heterocycles. The summed E-state index contributed by atoms with van der Waals surface area (Å²) in [5, 5.41) is 6.63. The van der Waals surface area contributed by atoms with E-state index in [4.69, 9.17) is 13.7 Å². The molecular weight excluding hydrogens is 406 g/mol. The Labute approximate surface area is 182 Å². The van der Waals surface area contributed by atoms with E-state index in [-0.39, 0.29) is 18.3 Å². The number of benzene rings is 1. The molecule has 0 radical (unpaired) electrons. The second-order valence-electron chi connectivity index (χ2n) is 6.95. The molecule has 0 bridgehead atoms. The first-order chi connectivity index (χ1) is 14.0. The summed E-state index contributed by atoms with van der Waals surface area (Å²) in [5.74, 6) is 2.39. The average Bonchev–Trinajstić information content (AvgIpc) is 3.34. The van der Waals surface area contributed by atoms with Crippen LogP contribution in [0.1, 0.15) is 28.3 Å². The van der Waals surface area contributed by atoms with E-state index in [2.05, 4.69) is 21.4 Å². The molecule has 0 aliphatic carbocycles. The largest absolute Gasteiger partial charge is 0.489 e. The maximum Gasteiger partial charge on any atom is 0.233 e. The van der Waals surface area contributed by atoms with E-state index >= 15 is 0 Å². The van der Waals surface area contributed by atoms with Crippen LogP contribution in [0.3, 0.4) is 0 Å². The van der Waals surface area contributed by atoms with E-state index < -0.39 is 0 Å². The van der Waals surface area contributed by atoms with Crippen LogP contribution in [-0.4, -0.2) is 36.1 Å². The Hall–Kier alpha value is -2.77. The molecule has 0 atom stereocenters. The van der Waals surface area contributed by atoms with Gasteiger partial charge in [-0.2, -0.15) is 0 Å². The van der Waals surface area contributed by atoms with Crippen molar-refractivity contribution in [2.24, 2.45) is 0 Å². The van der Waals surface area contributed by atoms with Gasteiger partial charge in [-0.1, -0.05) is 17.3 Å². The highest BCUT2D eigenvalue weighted by Crippen LogP contribution is 2.19. The van der Waals surface area contributed by atoms with Crippen LogP contribution in [0.15, 0.2) is 51.6 Å². The lowest BCUT2D eigenvalue weighted by atomic mass is 10.1. The van der Waals surface area contributed by atoms with E-state index in [1.165, 1.54) is 0 Å². The van der Waals surface area contributed by atoms with Crippen molar-refractivity contribution < 1.29 is 18.5 Å². The van der Waals surface area contributed by atoms with E-state index in [0.717, 1.165) is 47.1 Å². The molecule has 1 aromatic carbocycles. The van der Waals surface area contributed by atoms with Crippen LogP contribution in [0, 0.1) is 13.8 Å². The van der Waals surface area contributed by atoms with E-state index in [1.54, 1.807) is 13.3 Å². The normalized spacial score (nSPS) is 10.7. The summed E-state index contributed by atoms with van der Waals surface area (Å²) in [7, 11) is 1.65. The van der Waals surface area contributed by atoms with Crippen LogP contribution >= 0.6 is 12.4 Å². The fourth-order valence-electron chi connectivity index (χ4n) is 3.06. The third kappa shape index (κ3) is 6.64. The van der Waals surface area contributed by atoms with Crippen molar-refractivity contribution in [1.82, 2.24) is 15.4 Å². The molecule has 1 amide bonds. The number of nitrogens with zero attached hydrogens (tertiary/aromatic N) is 2. The molecule has 3 rings (SSSR count). The lowest BCUT2D eigenvalue weighted by Crippen LogP contribution is -2.36. The molecule has 2 heterocycles. The molecule has 0 fully saturated rings. The quantitative estimate of drug-likeness (QED) is 0.525. The first-order valence-electron chi connectivity index (χ1n) is 9.64. The number of aromatic nitrogens is 1. The van der Waals surface area contributed by atoms with Crippen LogP contribution < -0.4 is 10.1 Å². The summed E-state index contributed by atoms with van der Waals surface area (Å²) in [6.07, 6.45) is 2.44. The Bertz CT molecular complexity index is 905.